The molecule has 1 amide bonds. The van der Waals surface area contributed by atoms with Gasteiger partial charge in [0.05, 0.1) is 17.0 Å². The minimum atomic E-state index is -3.77. The Hall–Kier alpha value is -1.40. The van der Waals surface area contributed by atoms with Gasteiger partial charge in [-0.2, -0.15) is 8.42 Å². The van der Waals surface area contributed by atoms with Crippen molar-refractivity contribution in [3.63, 3.8) is 0 Å². The molecule has 1 N–H and O–H groups in total. The maximum atomic E-state index is 12.0. The van der Waals surface area contributed by atoms with Gasteiger partial charge in [-0.25, -0.2) is 0 Å². The molecule has 1 atom stereocenters. The zero-order chi connectivity index (χ0) is 14.1. The number of aryl methyl sites for hydroxylation is 1. The Bertz CT molecular complexity index is 579. The highest BCUT2D eigenvalue weighted by Crippen LogP contribution is 2.22. The molecular formula is C13H17NO4S. The van der Waals surface area contributed by atoms with Crippen molar-refractivity contribution >= 4 is 16.0 Å². The van der Waals surface area contributed by atoms with Gasteiger partial charge in [-0.3, -0.25) is 8.98 Å². The third kappa shape index (κ3) is 3.33. The zero-order valence-electron chi connectivity index (χ0n) is 11.0. The molecule has 0 aromatic heterocycles. The van der Waals surface area contributed by atoms with Gasteiger partial charge in [0.2, 0.25) is 5.91 Å². The van der Waals surface area contributed by atoms with Crippen LogP contribution in [0.25, 0.3) is 0 Å². The monoisotopic (exact) mass is 283 g/mol. The number of hydrogen-bond acceptors (Lipinski definition) is 4. The van der Waals surface area contributed by atoms with Gasteiger partial charge in [0.25, 0.3) is 10.1 Å². The Labute approximate surface area is 113 Å². The van der Waals surface area contributed by atoms with Crippen LogP contribution in [0, 0.1) is 6.92 Å². The average molecular weight is 283 g/mol. The molecule has 19 heavy (non-hydrogen) atoms. The van der Waals surface area contributed by atoms with Gasteiger partial charge in [-0.1, -0.05) is 17.7 Å². The van der Waals surface area contributed by atoms with Crippen LogP contribution in [0.3, 0.4) is 0 Å². The molecular weight excluding hydrogens is 266 g/mol. The van der Waals surface area contributed by atoms with Gasteiger partial charge in [0.1, 0.15) is 0 Å². The molecule has 1 unspecified atom stereocenters. The second-order valence-corrected chi connectivity index (χ2v) is 6.75. The van der Waals surface area contributed by atoms with Crippen LogP contribution in [0.2, 0.25) is 0 Å². The smallest absolute Gasteiger partial charge is 0.297 e. The number of rotatable bonds is 4. The van der Waals surface area contributed by atoms with Gasteiger partial charge in [0.15, 0.2) is 0 Å². The second-order valence-electron chi connectivity index (χ2n) is 5.14. The molecule has 5 nitrogen and oxygen atoms in total. The standard InChI is InChI=1S/C13H17NO4S/c1-10-3-5-11(6-4-10)19(16,17)18-9-13(2)8-7-12(15)14-13/h3-6H,7-9H2,1-2H3,(H,14,15). The fourth-order valence-electron chi connectivity index (χ4n) is 1.94. The summed E-state index contributed by atoms with van der Waals surface area (Å²) in [6, 6.07) is 6.46. The maximum absolute atomic E-state index is 12.0. The molecule has 2 rings (SSSR count). The van der Waals surface area contributed by atoms with Crippen LogP contribution in [0.15, 0.2) is 29.2 Å². The zero-order valence-corrected chi connectivity index (χ0v) is 11.8. The van der Waals surface area contributed by atoms with Crippen molar-refractivity contribution in [3.05, 3.63) is 29.8 Å². The summed E-state index contributed by atoms with van der Waals surface area (Å²) < 4.78 is 29.0. The third-order valence-electron chi connectivity index (χ3n) is 3.19. The van der Waals surface area contributed by atoms with Crippen LogP contribution in [0.1, 0.15) is 25.3 Å². The summed E-state index contributed by atoms with van der Waals surface area (Å²) in [5, 5.41) is 2.74. The molecule has 6 heteroatoms. The van der Waals surface area contributed by atoms with Crippen LogP contribution in [-0.4, -0.2) is 26.5 Å². The lowest BCUT2D eigenvalue weighted by Gasteiger charge is -2.23. The number of benzene rings is 1. The van der Waals surface area contributed by atoms with E-state index < -0.39 is 15.7 Å². The van der Waals surface area contributed by atoms with Crippen LogP contribution in [0.4, 0.5) is 0 Å². The number of carbonyl (C=O) groups excluding carboxylic acids is 1. The third-order valence-corrected chi connectivity index (χ3v) is 4.47. The van der Waals surface area contributed by atoms with Crippen LogP contribution in [0.5, 0.6) is 0 Å². The summed E-state index contributed by atoms with van der Waals surface area (Å²) in [6.45, 7) is 3.61. The SMILES string of the molecule is Cc1ccc(S(=O)(=O)OCC2(C)CCC(=O)N2)cc1. The van der Waals surface area contributed by atoms with E-state index in [-0.39, 0.29) is 17.4 Å². The Morgan fingerprint density at radius 1 is 1.32 bits per heavy atom. The lowest BCUT2D eigenvalue weighted by Crippen LogP contribution is -2.43. The first-order valence-corrected chi connectivity index (χ1v) is 7.49. The highest BCUT2D eigenvalue weighted by Gasteiger charge is 2.35. The van der Waals surface area contributed by atoms with Crippen molar-refractivity contribution in [1.29, 1.82) is 0 Å². The van der Waals surface area contributed by atoms with E-state index in [1.54, 1.807) is 19.1 Å². The van der Waals surface area contributed by atoms with Gasteiger partial charge < -0.3 is 5.32 Å². The van der Waals surface area contributed by atoms with E-state index in [4.69, 9.17) is 4.18 Å². The largest absolute Gasteiger partial charge is 0.349 e. The summed E-state index contributed by atoms with van der Waals surface area (Å²) in [7, 11) is -3.77. The molecule has 1 aliphatic rings. The van der Waals surface area contributed by atoms with Crippen molar-refractivity contribution in [3.8, 4) is 0 Å². The fourth-order valence-corrected chi connectivity index (χ4v) is 2.96. The van der Waals surface area contributed by atoms with Crippen molar-refractivity contribution in [1.82, 2.24) is 5.32 Å². The van der Waals surface area contributed by atoms with E-state index in [9.17, 15) is 13.2 Å². The fraction of sp³-hybridized carbons (Fsp3) is 0.462. The molecule has 0 spiro atoms. The number of amides is 1. The van der Waals surface area contributed by atoms with Gasteiger partial charge >= 0.3 is 0 Å². The Kier molecular flexibility index (Phi) is 3.64. The number of hydrogen-bond donors (Lipinski definition) is 1. The molecule has 1 aliphatic heterocycles. The van der Waals surface area contributed by atoms with Crippen LogP contribution in [-0.2, 0) is 19.1 Å². The first-order chi connectivity index (χ1) is 8.81. The molecule has 1 aromatic carbocycles. The summed E-state index contributed by atoms with van der Waals surface area (Å²) in [5.41, 5.74) is 0.378. The molecule has 1 saturated heterocycles. The molecule has 0 bridgehead atoms. The number of nitrogens with one attached hydrogen (secondary N) is 1. The maximum Gasteiger partial charge on any atom is 0.297 e. The van der Waals surface area contributed by atoms with Gasteiger partial charge in [-0.15, -0.1) is 0 Å². The summed E-state index contributed by atoms with van der Waals surface area (Å²) in [5.74, 6) is -0.0705. The number of carbonyl (C=O) groups is 1. The minimum absolute atomic E-state index is 0.0467. The van der Waals surface area contributed by atoms with Crippen molar-refractivity contribution in [2.75, 3.05) is 6.61 Å². The lowest BCUT2D eigenvalue weighted by atomic mass is 10.0. The van der Waals surface area contributed by atoms with E-state index in [1.807, 2.05) is 6.92 Å². The highest BCUT2D eigenvalue weighted by atomic mass is 32.2. The molecule has 0 radical (unpaired) electrons. The van der Waals surface area contributed by atoms with E-state index in [2.05, 4.69) is 5.32 Å². The topological polar surface area (TPSA) is 72.5 Å². The molecule has 0 aliphatic carbocycles. The average Bonchev–Trinajstić information content (AvgIpc) is 2.68. The van der Waals surface area contributed by atoms with Crippen LogP contribution < -0.4 is 5.32 Å². The Balaban J connectivity index is 2.06. The normalized spacial score (nSPS) is 23.4. The molecule has 1 fully saturated rings. The van der Waals surface area contributed by atoms with Gasteiger partial charge in [0, 0.05) is 6.42 Å². The summed E-state index contributed by atoms with van der Waals surface area (Å²) in [4.78, 5) is 11.3. The van der Waals surface area contributed by atoms with Crippen molar-refractivity contribution < 1.29 is 17.4 Å². The predicted octanol–water partition coefficient (Wildman–Crippen LogP) is 1.37. The molecule has 1 aromatic rings. The molecule has 104 valence electrons. The van der Waals surface area contributed by atoms with Crippen molar-refractivity contribution in [2.24, 2.45) is 0 Å². The van der Waals surface area contributed by atoms with E-state index in [0.717, 1.165) is 5.56 Å². The van der Waals surface area contributed by atoms with Crippen LogP contribution >= 0.6 is 0 Å². The molecule has 0 saturated carbocycles. The highest BCUT2D eigenvalue weighted by molar-refractivity contribution is 7.86. The van der Waals surface area contributed by atoms with E-state index in [0.29, 0.717) is 12.8 Å². The van der Waals surface area contributed by atoms with E-state index in [1.165, 1.54) is 12.1 Å². The summed E-state index contributed by atoms with van der Waals surface area (Å²) >= 11 is 0. The first kappa shape index (κ1) is 14.0. The second kappa shape index (κ2) is 4.94. The predicted molar refractivity (Wildman–Crippen MR) is 70.1 cm³/mol. The first-order valence-electron chi connectivity index (χ1n) is 6.08. The summed E-state index contributed by atoms with van der Waals surface area (Å²) in [6.07, 6.45) is 0.986. The van der Waals surface area contributed by atoms with E-state index >= 15 is 0 Å². The Morgan fingerprint density at radius 2 is 1.95 bits per heavy atom. The van der Waals surface area contributed by atoms with Gasteiger partial charge in [-0.05, 0) is 32.4 Å². The van der Waals surface area contributed by atoms with Crippen molar-refractivity contribution in [2.45, 2.75) is 37.1 Å². The lowest BCUT2D eigenvalue weighted by molar-refractivity contribution is -0.119. The Morgan fingerprint density at radius 3 is 2.47 bits per heavy atom. The quantitative estimate of drug-likeness (QED) is 0.847. The minimum Gasteiger partial charge on any atom is -0.349 e. The molecule has 1 heterocycles.